The monoisotopic (exact) mass is 570 g/mol. The van der Waals surface area contributed by atoms with E-state index in [-0.39, 0.29) is 21.3 Å². The van der Waals surface area contributed by atoms with Crippen LogP contribution in [0, 0.1) is 6.92 Å². The number of amides is 1. The van der Waals surface area contributed by atoms with Crippen molar-refractivity contribution in [2.45, 2.75) is 19.9 Å². The van der Waals surface area contributed by atoms with Crippen LogP contribution >= 0.6 is 11.3 Å². The fourth-order valence-corrected chi connectivity index (χ4v) is 5.55. The van der Waals surface area contributed by atoms with Crippen molar-refractivity contribution < 1.29 is 33.7 Å². The number of para-hydroxylation sites is 1. The summed E-state index contributed by atoms with van der Waals surface area (Å²) in [5.41, 5.74) is 1.02. The van der Waals surface area contributed by atoms with Crippen molar-refractivity contribution in [2.24, 2.45) is 0 Å². The first-order valence-corrected chi connectivity index (χ1v) is 13.6. The molecule has 0 radical (unpaired) electrons. The van der Waals surface area contributed by atoms with Crippen molar-refractivity contribution in [1.82, 2.24) is 4.98 Å². The summed E-state index contributed by atoms with van der Waals surface area (Å²) in [5, 5.41) is 11.6. The maximum atomic E-state index is 13.6. The van der Waals surface area contributed by atoms with Gasteiger partial charge in [0.05, 0.1) is 31.0 Å². The van der Waals surface area contributed by atoms with Crippen LogP contribution in [0.3, 0.4) is 0 Å². The van der Waals surface area contributed by atoms with Crippen LogP contribution in [-0.2, 0) is 14.3 Å². The SMILES string of the molecule is CCOc1cccc(C(O)=C2C(=O)C(=O)N(c3nc(C)c(C(=O)OC)s3)C2c2cccc(Oc3ccccc3)c2)c1. The van der Waals surface area contributed by atoms with Gasteiger partial charge in [0.25, 0.3) is 5.78 Å². The number of hydrogen-bond acceptors (Lipinski definition) is 9. The Balaban J connectivity index is 1.67. The lowest BCUT2D eigenvalue weighted by atomic mass is 9.95. The summed E-state index contributed by atoms with van der Waals surface area (Å²) in [6, 6.07) is 21.6. The molecule has 0 saturated carbocycles. The second kappa shape index (κ2) is 11.6. The third kappa shape index (κ3) is 5.42. The molecule has 1 aliphatic rings. The summed E-state index contributed by atoms with van der Waals surface area (Å²) in [7, 11) is 1.25. The van der Waals surface area contributed by atoms with Gasteiger partial charge in [0, 0.05) is 5.56 Å². The van der Waals surface area contributed by atoms with E-state index in [4.69, 9.17) is 14.2 Å². The summed E-state index contributed by atoms with van der Waals surface area (Å²) < 4.78 is 16.4. The first-order valence-electron chi connectivity index (χ1n) is 12.7. The average Bonchev–Trinajstić information content (AvgIpc) is 3.49. The van der Waals surface area contributed by atoms with Gasteiger partial charge in [0.1, 0.15) is 27.9 Å². The van der Waals surface area contributed by atoms with Crippen molar-refractivity contribution in [3.8, 4) is 17.2 Å². The fraction of sp³-hybridized carbons (Fsp3) is 0.161. The maximum Gasteiger partial charge on any atom is 0.350 e. The van der Waals surface area contributed by atoms with Gasteiger partial charge in [-0.2, -0.15) is 0 Å². The third-order valence-electron chi connectivity index (χ3n) is 6.38. The van der Waals surface area contributed by atoms with Gasteiger partial charge in [-0.1, -0.05) is 53.8 Å². The molecule has 1 unspecified atom stereocenters. The summed E-state index contributed by atoms with van der Waals surface area (Å²) >= 11 is 0.931. The molecule has 1 aromatic heterocycles. The number of thiazole rings is 1. The van der Waals surface area contributed by atoms with Crippen LogP contribution in [0.15, 0.2) is 84.4 Å². The largest absolute Gasteiger partial charge is 0.507 e. The number of esters is 1. The predicted octanol–water partition coefficient (Wildman–Crippen LogP) is 6.06. The number of ether oxygens (including phenoxy) is 3. The van der Waals surface area contributed by atoms with E-state index < -0.39 is 23.7 Å². The zero-order valence-corrected chi connectivity index (χ0v) is 23.3. The number of carbonyl (C=O) groups excluding carboxylic acids is 3. The Morgan fingerprint density at radius 3 is 2.41 bits per heavy atom. The predicted molar refractivity (Wildman–Crippen MR) is 154 cm³/mol. The second-order valence-electron chi connectivity index (χ2n) is 9.02. The van der Waals surface area contributed by atoms with E-state index >= 15 is 0 Å². The van der Waals surface area contributed by atoms with Crippen LogP contribution in [0.2, 0.25) is 0 Å². The van der Waals surface area contributed by atoms with Gasteiger partial charge in [-0.05, 0) is 55.8 Å². The molecular formula is C31H26N2O7S. The Labute approximate surface area is 240 Å². The number of aliphatic hydroxyl groups is 1. The molecule has 1 amide bonds. The number of rotatable bonds is 8. The first-order chi connectivity index (χ1) is 19.8. The minimum absolute atomic E-state index is 0.117. The second-order valence-corrected chi connectivity index (χ2v) is 10.00. The molecule has 3 aromatic carbocycles. The topological polar surface area (TPSA) is 115 Å². The maximum absolute atomic E-state index is 13.6. The highest BCUT2D eigenvalue weighted by Crippen LogP contribution is 2.45. The zero-order chi connectivity index (χ0) is 29.1. The number of benzene rings is 3. The van der Waals surface area contributed by atoms with Crippen LogP contribution in [0.25, 0.3) is 5.76 Å². The van der Waals surface area contributed by atoms with Crippen LogP contribution in [-0.4, -0.2) is 41.5 Å². The first kappa shape index (κ1) is 27.6. The lowest BCUT2D eigenvalue weighted by molar-refractivity contribution is -0.132. The number of Topliss-reactive ketones (excluding diaryl/α,β-unsaturated/α-hetero) is 1. The van der Waals surface area contributed by atoms with Crippen LogP contribution < -0.4 is 14.4 Å². The molecule has 5 rings (SSSR count). The Kier molecular flexibility index (Phi) is 7.84. The van der Waals surface area contributed by atoms with Crippen molar-refractivity contribution in [3.63, 3.8) is 0 Å². The van der Waals surface area contributed by atoms with Gasteiger partial charge in [0.2, 0.25) is 0 Å². The van der Waals surface area contributed by atoms with E-state index in [0.717, 1.165) is 11.3 Å². The molecular weight excluding hydrogens is 544 g/mol. The summed E-state index contributed by atoms with van der Waals surface area (Å²) in [6.45, 7) is 3.86. The van der Waals surface area contributed by atoms with Crippen molar-refractivity contribution in [1.29, 1.82) is 0 Å². The van der Waals surface area contributed by atoms with Gasteiger partial charge in [0.15, 0.2) is 5.13 Å². The molecule has 208 valence electrons. The molecule has 4 aromatic rings. The van der Waals surface area contributed by atoms with Gasteiger partial charge in [-0.25, -0.2) is 9.78 Å². The van der Waals surface area contributed by atoms with Crippen molar-refractivity contribution in [2.75, 3.05) is 18.6 Å². The summed E-state index contributed by atoms with van der Waals surface area (Å²) in [5.74, 6) is -1.20. The minimum atomic E-state index is -1.07. The van der Waals surface area contributed by atoms with E-state index in [9.17, 15) is 19.5 Å². The Morgan fingerprint density at radius 2 is 1.68 bits per heavy atom. The van der Waals surface area contributed by atoms with E-state index in [1.165, 1.54) is 12.0 Å². The van der Waals surface area contributed by atoms with Crippen LogP contribution in [0.1, 0.15) is 39.5 Å². The highest BCUT2D eigenvalue weighted by atomic mass is 32.1. The number of aromatic nitrogens is 1. The molecule has 41 heavy (non-hydrogen) atoms. The van der Waals surface area contributed by atoms with Gasteiger partial charge in [-0.3, -0.25) is 14.5 Å². The fourth-order valence-electron chi connectivity index (χ4n) is 4.54. The van der Waals surface area contributed by atoms with E-state index in [0.29, 0.717) is 40.7 Å². The van der Waals surface area contributed by atoms with Gasteiger partial charge >= 0.3 is 11.9 Å². The summed E-state index contributed by atoms with van der Waals surface area (Å²) in [6.07, 6.45) is 0. The highest BCUT2D eigenvalue weighted by molar-refractivity contribution is 7.17. The molecule has 0 bridgehead atoms. The van der Waals surface area contributed by atoms with Crippen molar-refractivity contribution in [3.05, 3.63) is 106 Å². The Hall–Kier alpha value is -4.96. The average molecular weight is 571 g/mol. The molecule has 0 aliphatic carbocycles. The Bertz CT molecular complexity index is 1660. The highest BCUT2D eigenvalue weighted by Gasteiger charge is 2.48. The van der Waals surface area contributed by atoms with Gasteiger partial charge < -0.3 is 19.3 Å². The molecule has 2 heterocycles. The number of carbonyl (C=O) groups is 3. The van der Waals surface area contributed by atoms with E-state index in [1.54, 1.807) is 67.6 Å². The normalized spacial score (nSPS) is 16.1. The quantitative estimate of drug-likeness (QED) is 0.118. The number of nitrogens with zero attached hydrogens (tertiary/aromatic N) is 2. The molecule has 9 nitrogen and oxygen atoms in total. The van der Waals surface area contributed by atoms with Crippen LogP contribution in [0.5, 0.6) is 17.2 Å². The number of aliphatic hydroxyl groups excluding tert-OH is 1. The number of hydrogen-bond donors (Lipinski definition) is 1. The molecule has 10 heteroatoms. The zero-order valence-electron chi connectivity index (χ0n) is 22.5. The van der Waals surface area contributed by atoms with E-state index in [2.05, 4.69) is 4.98 Å². The van der Waals surface area contributed by atoms with Gasteiger partial charge in [-0.15, -0.1) is 0 Å². The molecule has 1 N–H and O–H groups in total. The van der Waals surface area contributed by atoms with Crippen LogP contribution in [0.4, 0.5) is 5.13 Å². The minimum Gasteiger partial charge on any atom is -0.507 e. The molecule has 1 saturated heterocycles. The molecule has 0 spiro atoms. The number of methoxy groups -OCH3 is 1. The van der Waals surface area contributed by atoms with E-state index in [1.807, 2.05) is 25.1 Å². The Morgan fingerprint density at radius 1 is 0.976 bits per heavy atom. The third-order valence-corrected chi connectivity index (χ3v) is 7.51. The smallest absolute Gasteiger partial charge is 0.350 e. The number of anilines is 1. The molecule has 1 atom stereocenters. The standard InChI is InChI=1S/C31H26N2O7S/c1-4-39-22-14-9-11-20(17-22)26(34)24-25(19-10-8-15-23(16-19)40-21-12-6-5-7-13-21)33(29(36)27(24)35)31-32-18(2)28(41-31)30(37)38-3/h5-17,25,34H,4H2,1-3H3. The molecule has 1 fully saturated rings. The number of ketones is 1. The lowest BCUT2D eigenvalue weighted by Gasteiger charge is -2.23. The molecule has 1 aliphatic heterocycles. The summed E-state index contributed by atoms with van der Waals surface area (Å²) in [4.78, 5) is 45.3. The number of aryl methyl sites for hydroxylation is 1. The lowest BCUT2D eigenvalue weighted by Crippen LogP contribution is -2.29. The van der Waals surface area contributed by atoms with Crippen molar-refractivity contribution >= 4 is 39.9 Å².